The number of aliphatic imine (C=N–C) groups is 1. The van der Waals surface area contributed by atoms with Gasteiger partial charge in [-0.25, -0.2) is 0 Å². The number of carbonyl (C=O) groups excluding carboxylic acids is 1. The number of anilines is 1. The monoisotopic (exact) mass is 734 g/mol. The van der Waals surface area contributed by atoms with Crippen molar-refractivity contribution in [1.82, 2.24) is 10.3 Å². The molecule has 51 heavy (non-hydrogen) atoms. The number of alkyl halides is 3. The van der Waals surface area contributed by atoms with Crippen molar-refractivity contribution in [2.75, 3.05) is 5.32 Å². The summed E-state index contributed by atoms with van der Waals surface area (Å²) in [7, 11) is 0. The molecule has 0 spiro atoms. The van der Waals surface area contributed by atoms with E-state index in [9.17, 15) is 18.0 Å². The van der Waals surface area contributed by atoms with Gasteiger partial charge in [-0.3, -0.25) is 0 Å². The number of benzene rings is 2. The van der Waals surface area contributed by atoms with E-state index in [4.69, 9.17) is 4.74 Å². The summed E-state index contributed by atoms with van der Waals surface area (Å²) in [6.07, 6.45) is 3.77. The molecule has 1 aromatic heterocycles. The summed E-state index contributed by atoms with van der Waals surface area (Å²) in [6, 6.07) is 17.4. The minimum Gasteiger partial charge on any atom is -0.0683 e. The van der Waals surface area contributed by atoms with Crippen molar-refractivity contribution in [2.24, 2.45) is 10.4 Å². The predicted molar refractivity (Wildman–Crippen MR) is 199 cm³/mol. The van der Waals surface area contributed by atoms with Crippen LogP contribution in [-0.4, -0.2) is 27.6 Å². The van der Waals surface area contributed by atoms with Gasteiger partial charge in [-0.1, -0.05) is 32.0 Å². The molecule has 0 bridgehead atoms. The molecule has 1 amide bonds. The molecule has 0 aliphatic heterocycles. The van der Waals surface area contributed by atoms with Crippen LogP contribution in [-0.2, 0) is 32.7 Å². The number of aromatic nitrogens is 1. The number of allylic oxidation sites excluding steroid dienone is 4. The fourth-order valence-corrected chi connectivity index (χ4v) is 5.40. The summed E-state index contributed by atoms with van der Waals surface area (Å²) in [5.74, 6) is -0.180. The Balaban J connectivity index is 0.00000345. The zero-order valence-corrected chi connectivity index (χ0v) is 31.3. The summed E-state index contributed by atoms with van der Waals surface area (Å²) >= 11 is 2.19. The SMILES string of the molecule is C=C(c1ccccc1)c1ccccc1NC(=O)C(CCC)N/C(=C\[CH2-])O[C](=[V])c1ncc(C(F)(F)F)cc1/C(C=NC(=C)C1(C)CC1)=C/C.CC. The number of hydrogen-bond acceptors (Lipinski definition) is 5. The van der Waals surface area contributed by atoms with E-state index in [1.165, 1.54) is 12.3 Å². The number of nitrogens with zero attached hydrogens (tertiary/aromatic N) is 2. The number of carbonyl (C=O) groups is 1. The second kappa shape index (κ2) is 18.6. The van der Waals surface area contributed by atoms with Gasteiger partial charge in [-0.15, -0.1) is 0 Å². The minimum atomic E-state index is -4.61. The molecular weight excluding hydrogens is 688 g/mol. The molecule has 1 heterocycles. The van der Waals surface area contributed by atoms with Crippen molar-refractivity contribution >= 4 is 33.4 Å². The standard InChI is InChI=1S/C39H40F3N4O2.C2H6.V/c1-7-15-34(37(47)46-33-19-14-13-18-31(33)26(4)29-16-11-10-12-17-29)45-36(9-3)48-25-35-32(22-30(24-44-35)39(40,41)42)28(8-2)23-43-27(5)38(6)20-21-38;1-2;/h8-14,16-19,22-24,34,45H,3-5,7,15,20-21H2,1-2,6H3,(H,46,47);1-2H3;/q-1;;/b28-8+,36-9+,43-23?;;. The molecule has 3 aromatic rings. The van der Waals surface area contributed by atoms with Crippen LogP contribution in [0.15, 0.2) is 109 Å². The average Bonchev–Trinajstić information content (AvgIpc) is 3.90. The van der Waals surface area contributed by atoms with E-state index in [0.717, 1.165) is 41.8 Å². The number of hydrogen-bond donors (Lipinski definition) is 2. The molecule has 10 heteroatoms. The number of amides is 1. The molecule has 0 radical (unpaired) electrons. The van der Waals surface area contributed by atoms with Gasteiger partial charge in [-0.2, -0.15) is 0 Å². The van der Waals surface area contributed by atoms with Crippen LogP contribution in [0.4, 0.5) is 18.9 Å². The minimum absolute atomic E-state index is 0.0922. The Labute approximate surface area is 309 Å². The first-order valence-corrected chi connectivity index (χ1v) is 17.6. The van der Waals surface area contributed by atoms with Crippen molar-refractivity contribution in [1.29, 1.82) is 0 Å². The van der Waals surface area contributed by atoms with Crippen LogP contribution in [0.3, 0.4) is 0 Å². The van der Waals surface area contributed by atoms with E-state index in [1.807, 2.05) is 75.4 Å². The fourth-order valence-electron chi connectivity index (χ4n) is 4.97. The van der Waals surface area contributed by atoms with Crippen LogP contribution in [0.1, 0.15) is 88.2 Å². The van der Waals surface area contributed by atoms with E-state index >= 15 is 0 Å². The third-order valence-corrected chi connectivity index (χ3v) is 8.80. The molecule has 4 rings (SSSR count). The third kappa shape index (κ3) is 10.9. The Hall–Kier alpha value is -4.60. The summed E-state index contributed by atoms with van der Waals surface area (Å²) < 4.78 is 47.6. The van der Waals surface area contributed by atoms with Gasteiger partial charge >= 0.3 is 278 Å². The van der Waals surface area contributed by atoms with Gasteiger partial charge in [0.15, 0.2) is 0 Å². The maximum Gasteiger partial charge on any atom is -0.0683 e. The number of ether oxygens (including phenoxy) is 1. The molecule has 1 fully saturated rings. The Morgan fingerprint density at radius 3 is 2.35 bits per heavy atom. The van der Waals surface area contributed by atoms with Crippen molar-refractivity contribution < 1.29 is 39.7 Å². The first kappa shape index (κ1) is 40.8. The maximum atomic E-state index is 13.8. The molecular formula is C41H46F3N4O2V-. The van der Waals surface area contributed by atoms with Crippen molar-refractivity contribution in [3.8, 4) is 0 Å². The van der Waals surface area contributed by atoms with Gasteiger partial charge < -0.3 is 0 Å². The summed E-state index contributed by atoms with van der Waals surface area (Å²) in [5.41, 5.74) is 3.48. The number of para-hydroxylation sites is 1. The Kier molecular flexibility index (Phi) is 14.9. The van der Waals surface area contributed by atoms with Crippen LogP contribution in [0.25, 0.3) is 11.1 Å². The van der Waals surface area contributed by atoms with E-state index < -0.39 is 17.8 Å². The molecule has 2 aromatic carbocycles. The smallest absolute Gasteiger partial charge is 0.0683 e. The molecule has 1 aliphatic carbocycles. The van der Waals surface area contributed by atoms with E-state index in [-0.39, 0.29) is 32.9 Å². The van der Waals surface area contributed by atoms with E-state index in [0.29, 0.717) is 29.8 Å². The van der Waals surface area contributed by atoms with E-state index in [1.54, 1.807) is 13.0 Å². The molecule has 1 aliphatic rings. The number of nitrogens with one attached hydrogen (secondary N) is 2. The predicted octanol–water partition coefficient (Wildman–Crippen LogP) is 10.1. The van der Waals surface area contributed by atoms with Gasteiger partial charge in [-0.05, 0) is 0 Å². The molecule has 0 saturated heterocycles. The topological polar surface area (TPSA) is 75.6 Å². The first-order valence-electron chi connectivity index (χ1n) is 16.9. The van der Waals surface area contributed by atoms with Gasteiger partial charge in [0.05, 0.1) is 0 Å². The van der Waals surface area contributed by atoms with Gasteiger partial charge in [0.25, 0.3) is 0 Å². The van der Waals surface area contributed by atoms with Crippen molar-refractivity contribution in [3.05, 3.63) is 139 Å². The molecule has 269 valence electrons. The quantitative estimate of drug-likeness (QED) is 0.0926. The third-order valence-electron chi connectivity index (χ3n) is 8.33. The van der Waals surface area contributed by atoms with Crippen LogP contribution in [0, 0.1) is 12.3 Å². The average molecular weight is 735 g/mol. The largest absolute Gasteiger partial charge is 0.0683 e. The van der Waals surface area contributed by atoms with E-state index in [2.05, 4.69) is 64.6 Å². The summed E-state index contributed by atoms with van der Waals surface area (Å²) in [6.45, 7) is 21.8. The summed E-state index contributed by atoms with van der Waals surface area (Å²) in [5, 5.41) is 6.14. The first-order chi connectivity index (χ1) is 24.3. The Bertz CT molecular complexity index is 1810. The molecule has 2 N–H and O–H groups in total. The zero-order valence-electron chi connectivity index (χ0n) is 29.9. The molecule has 1 atom stereocenters. The zero-order chi connectivity index (χ0) is 37.8. The van der Waals surface area contributed by atoms with Gasteiger partial charge in [0, 0.05) is 0 Å². The normalized spacial score (nSPS) is 14.5. The fraction of sp³-hybridized carbons (Fsp3) is 0.293. The molecule has 1 unspecified atom stereocenters. The molecule has 6 nitrogen and oxygen atoms in total. The number of rotatable bonds is 15. The second-order valence-electron chi connectivity index (χ2n) is 12.0. The Morgan fingerprint density at radius 1 is 1.12 bits per heavy atom. The van der Waals surface area contributed by atoms with Crippen LogP contribution < -0.4 is 10.6 Å². The number of pyridine rings is 1. The van der Waals surface area contributed by atoms with Crippen LogP contribution in [0.5, 0.6) is 0 Å². The van der Waals surface area contributed by atoms with Gasteiger partial charge in [0.2, 0.25) is 0 Å². The number of halogens is 3. The summed E-state index contributed by atoms with van der Waals surface area (Å²) in [4.78, 5) is 22.3. The van der Waals surface area contributed by atoms with Crippen molar-refractivity contribution in [3.63, 3.8) is 0 Å². The second-order valence-corrected chi connectivity index (χ2v) is 12.6. The molecule has 1 saturated carbocycles. The van der Waals surface area contributed by atoms with Crippen molar-refractivity contribution in [2.45, 2.75) is 72.5 Å². The van der Waals surface area contributed by atoms with Crippen LogP contribution >= 0.6 is 0 Å². The van der Waals surface area contributed by atoms with Gasteiger partial charge in [0.1, 0.15) is 0 Å². The van der Waals surface area contributed by atoms with Crippen LogP contribution in [0.2, 0.25) is 0 Å². The Morgan fingerprint density at radius 2 is 1.76 bits per heavy atom. The maximum absolute atomic E-state index is 13.8.